The minimum Gasteiger partial charge on any atom is -0.341 e. The van der Waals surface area contributed by atoms with Crippen molar-refractivity contribution in [3.63, 3.8) is 0 Å². The van der Waals surface area contributed by atoms with Crippen LogP contribution in [0.15, 0.2) is 24.5 Å². The second kappa shape index (κ2) is 4.86. The first-order chi connectivity index (χ1) is 8.83. The molecule has 18 heavy (non-hydrogen) atoms. The van der Waals surface area contributed by atoms with Crippen LogP contribution in [-0.4, -0.2) is 33.0 Å². The Morgan fingerprint density at radius 1 is 1.11 bits per heavy atom. The van der Waals surface area contributed by atoms with Crippen LogP contribution in [0.2, 0.25) is 5.28 Å². The van der Waals surface area contributed by atoms with Crippen LogP contribution in [-0.2, 0) is 0 Å². The van der Waals surface area contributed by atoms with Gasteiger partial charge in [0.15, 0.2) is 5.82 Å². The van der Waals surface area contributed by atoms with E-state index >= 15 is 0 Å². The number of rotatable bonds is 2. The topological polar surface area (TPSA) is 54.8 Å². The van der Waals surface area contributed by atoms with Crippen LogP contribution in [0.1, 0.15) is 12.8 Å². The van der Waals surface area contributed by atoms with Crippen LogP contribution in [0.5, 0.6) is 0 Å². The van der Waals surface area contributed by atoms with Gasteiger partial charge in [-0.3, -0.25) is 4.98 Å². The molecule has 0 aromatic carbocycles. The third-order valence-electron chi connectivity index (χ3n) is 2.90. The average Bonchev–Trinajstić information content (AvgIpc) is 2.93. The maximum atomic E-state index is 5.97. The summed E-state index contributed by atoms with van der Waals surface area (Å²) in [5.74, 6) is 1.23. The molecule has 1 saturated heterocycles. The highest BCUT2D eigenvalue weighted by molar-refractivity contribution is 6.28. The summed E-state index contributed by atoms with van der Waals surface area (Å²) < 4.78 is 0. The fourth-order valence-corrected chi connectivity index (χ4v) is 2.18. The van der Waals surface area contributed by atoms with Crippen molar-refractivity contribution in [2.75, 3.05) is 18.0 Å². The van der Waals surface area contributed by atoms with Crippen molar-refractivity contribution < 1.29 is 0 Å². The SMILES string of the molecule is Clc1nc(-c2cccnc2)nc(N2CCCC2)n1. The number of hydrogen-bond donors (Lipinski definition) is 0. The zero-order valence-corrected chi connectivity index (χ0v) is 10.5. The molecule has 1 aliphatic heterocycles. The van der Waals surface area contributed by atoms with Gasteiger partial charge in [0.05, 0.1) is 0 Å². The molecule has 1 fully saturated rings. The Morgan fingerprint density at radius 2 is 1.94 bits per heavy atom. The maximum absolute atomic E-state index is 5.97. The zero-order chi connectivity index (χ0) is 12.4. The molecule has 1 aliphatic rings. The molecule has 0 atom stereocenters. The Balaban J connectivity index is 2.00. The van der Waals surface area contributed by atoms with Gasteiger partial charge in [-0.2, -0.15) is 15.0 Å². The Labute approximate surface area is 110 Å². The molecule has 3 heterocycles. The van der Waals surface area contributed by atoms with Crippen molar-refractivity contribution in [1.82, 2.24) is 19.9 Å². The van der Waals surface area contributed by atoms with Gasteiger partial charge in [-0.05, 0) is 36.6 Å². The van der Waals surface area contributed by atoms with Crippen molar-refractivity contribution in [3.05, 3.63) is 29.8 Å². The van der Waals surface area contributed by atoms with Crippen LogP contribution in [0, 0.1) is 0 Å². The number of halogens is 1. The number of anilines is 1. The van der Waals surface area contributed by atoms with Crippen molar-refractivity contribution in [2.24, 2.45) is 0 Å². The third-order valence-corrected chi connectivity index (χ3v) is 3.07. The minimum atomic E-state index is 0.228. The highest BCUT2D eigenvalue weighted by Crippen LogP contribution is 2.21. The van der Waals surface area contributed by atoms with Crippen molar-refractivity contribution in [2.45, 2.75) is 12.8 Å². The molecule has 0 bridgehead atoms. The van der Waals surface area contributed by atoms with Crippen LogP contribution in [0.4, 0.5) is 5.95 Å². The van der Waals surface area contributed by atoms with E-state index in [2.05, 4.69) is 24.8 Å². The predicted octanol–water partition coefficient (Wildman–Crippen LogP) is 2.19. The first-order valence-electron chi connectivity index (χ1n) is 5.90. The lowest BCUT2D eigenvalue weighted by Gasteiger charge is -2.15. The number of aromatic nitrogens is 4. The first kappa shape index (κ1) is 11.3. The van der Waals surface area contributed by atoms with Crippen molar-refractivity contribution in [3.8, 4) is 11.4 Å². The lowest BCUT2D eigenvalue weighted by molar-refractivity contribution is 0.882. The smallest absolute Gasteiger partial charge is 0.230 e. The summed E-state index contributed by atoms with van der Waals surface area (Å²) in [5.41, 5.74) is 0.849. The summed E-state index contributed by atoms with van der Waals surface area (Å²) in [6, 6.07) is 3.76. The van der Waals surface area contributed by atoms with Crippen molar-refractivity contribution >= 4 is 17.5 Å². The van der Waals surface area contributed by atoms with E-state index in [1.54, 1.807) is 12.4 Å². The van der Waals surface area contributed by atoms with Gasteiger partial charge in [0.2, 0.25) is 11.2 Å². The van der Waals surface area contributed by atoms with E-state index in [0.717, 1.165) is 18.7 Å². The molecular formula is C12H12ClN5. The molecule has 3 rings (SSSR count). The molecule has 92 valence electrons. The summed E-state index contributed by atoms with van der Waals surface area (Å²) in [6.45, 7) is 1.96. The summed E-state index contributed by atoms with van der Waals surface area (Å²) >= 11 is 5.97. The standard InChI is InChI=1S/C12H12ClN5/c13-11-15-10(9-4-3-5-14-8-9)16-12(17-11)18-6-1-2-7-18/h3-5,8H,1-2,6-7H2. The van der Waals surface area contributed by atoms with Gasteiger partial charge in [0, 0.05) is 31.0 Å². The highest BCUT2D eigenvalue weighted by atomic mass is 35.5. The molecule has 0 N–H and O–H groups in total. The first-order valence-corrected chi connectivity index (χ1v) is 6.28. The Kier molecular flexibility index (Phi) is 3.06. The van der Waals surface area contributed by atoms with E-state index in [-0.39, 0.29) is 5.28 Å². The van der Waals surface area contributed by atoms with Crippen molar-refractivity contribution in [1.29, 1.82) is 0 Å². The lowest BCUT2D eigenvalue weighted by Crippen LogP contribution is -2.21. The fourth-order valence-electron chi connectivity index (χ4n) is 2.02. The normalized spacial score (nSPS) is 15.1. The molecule has 0 aliphatic carbocycles. The van der Waals surface area contributed by atoms with E-state index in [1.807, 2.05) is 12.1 Å². The van der Waals surface area contributed by atoms with Gasteiger partial charge in [-0.25, -0.2) is 0 Å². The van der Waals surface area contributed by atoms with Crippen LogP contribution in [0.25, 0.3) is 11.4 Å². The summed E-state index contributed by atoms with van der Waals surface area (Å²) in [5, 5.41) is 0.228. The van der Waals surface area contributed by atoms with Gasteiger partial charge >= 0.3 is 0 Å². The third kappa shape index (κ3) is 2.26. The lowest BCUT2D eigenvalue weighted by atomic mass is 10.3. The van der Waals surface area contributed by atoms with E-state index in [4.69, 9.17) is 11.6 Å². The molecule has 0 amide bonds. The van der Waals surface area contributed by atoms with E-state index in [9.17, 15) is 0 Å². The van der Waals surface area contributed by atoms with Crippen LogP contribution in [0.3, 0.4) is 0 Å². The second-order valence-corrected chi connectivity index (χ2v) is 4.50. The van der Waals surface area contributed by atoms with Crippen LogP contribution >= 0.6 is 11.6 Å². The molecule has 0 saturated carbocycles. The highest BCUT2D eigenvalue weighted by Gasteiger charge is 2.17. The van der Waals surface area contributed by atoms with E-state index in [0.29, 0.717) is 11.8 Å². The average molecular weight is 262 g/mol. The summed E-state index contributed by atoms with van der Waals surface area (Å²) in [6.07, 6.45) is 5.78. The van der Waals surface area contributed by atoms with Gasteiger partial charge in [-0.1, -0.05) is 0 Å². The minimum absolute atomic E-state index is 0.228. The number of hydrogen-bond acceptors (Lipinski definition) is 5. The molecule has 0 radical (unpaired) electrons. The fraction of sp³-hybridized carbons (Fsp3) is 0.333. The van der Waals surface area contributed by atoms with E-state index < -0.39 is 0 Å². The molecule has 2 aromatic heterocycles. The van der Waals surface area contributed by atoms with Gasteiger partial charge in [0.1, 0.15) is 0 Å². The molecule has 0 unspecified atom stereocenters. The molecule has 0 spiro atoms. The van der Waals surface area contributed by atoms with Crippen LogP contribution < -0.4 is 4.90 Å². The largest absolute Gasteiger partial charge is 0.341 e. The Bertz CT molecular complexity index is 539. The number of nitrogens with zero attached hydrogens (tertiary/aromatic N) is 5. The zero-order valence-electron chi connectivity index (χ0n) is 9.75. The maximum Gasteiger partial charge on any atom is 0.230 e. The van der Waals surface area contributed by atoms with Gasteiger partial charge < -0.3 is 4.90 Å². The van der Waals surface area contributed by atoms with Gasteiger partial charge in [-0.15, -0.1) is 0 Å². The quantitative estimate of drug-likeness (QED) is 0.829. The Hall–Kier alpha value is -1.75. The molecule has 2 aromatic rings. The van der Waals surface area contributed by atoms with E-state index in [1.165, 1.54) is 12.8 Å². The monoisotopic (exact) mass is 261 g/mol. The summed E-state index contributed by atoms with van der Waals surface area (Å²) in [4.78, 5) is 19.0. The molecule has 5 nitrogen and oxygen atoms in total. The molecular weight excluding hydrogens is 250 g/mol. The number of pyridine rings is 1. The van der Waals surface area contributed by atoms with Gasteiger partial charge in [0.25, 0.3) is 0 Å². The Morgan fingerprint density at radius 3 is 2.67 bits per heavy atom. The predicted molar refractivity (Wildman–Crippen MR) is 69.5 cm³/mol. The molecule has 6 heteroatoms. The summed E-state index contributed by atoms with van der Waals surface area (Å²) in [7, 11) is 0. The second-order valence-electron chi connectivity index (χ2n) is 4.16.